The molecular weight excluding hydrogens is 297 g/mol. The number of benzene rings is 1. The standard InChI is InChI=1S/C12H14FN5O2S/c13-11-6-8(14)3-4-10(11)12-15-16-17-18(12)7-9-2-1-5-21(9,19)20/h3-4,6,9H,1-2,5,7,14H2. The summed E-state index contributed by atoms with van der Waals surface area (Å²) in [4.78, 5) is 0. The molecule has 1 unspecified atom stereocenters. The van der Waals surface area contributed by atoms with E-state index in [9.17, 15) is 12.8 Å². The van der Waals surface area contributed by atoms with Crippen molar-refractivity contribution in [2.75, 3.05) is 11.5 Å². The van der Waals surface area contributed by atoms with Crippen molar-refractivity contribution < 1.29 is 12.8 Å². The van der Waals surface area contributed by atoms with Crippen molar-refractivity contribution in [3.8, 4) is 11.4 Å². The minimum atomic E-state index is -3.11. The molecule has 1 fully saturated rings. The largest absolute Gasteiger partial charge is 0.399 e. The maximum atomic E-state index is 14.0. The molecule has 1 aliphatic rings. The normalized spacial score (nSPS) is 20.7. The Bertz CT molecular complexity index is 774. The number of tetrazole rings is 1. The first-order valence-corrected chi connectivity index (χ1v) is 8.22. The molecular formula is C12H14FN5O2S. The van der Waals surface area contributed by atoms with Gasteiger partial charge in [0.15, 0.2) is 15.7 Å². The monoisotopic (exact) mass is 311 g/mol. The van der Waals surface area contributed by atoms with Gasteiger partial charge in [-0.1, -0.05) is 0 Å². The highest BCUT2D eigenvalue weighted by Crippen LogP contribution is 2.25. The molecule has 1 aromatic carbocycles. The second kappa shape index (κ2) is 5.06. The number of nitrogens with zero attached hydrogens (tertiary/aromatic N) is 4. The second-order valence-corrected chi connectivity index (χ2v) is 7.46. The highest BCUT2D eigenvalue weighted by molar-refractivity contribution is 7.92. The van der Waals surface area contributed by atoms with Crippen LogP contribution in [0.2, 0.25) is 0 Å². The molecule has 1 atom stereocenters. The van der Waals surface area contributed by atoms with E-state index in [0.29, 0.717) is 18.5 Å². The van der Waals surface area contributed by atoms with Crippen molar-refractivity contribution in [3.63, 3.8) is 0 Å². The summed E-state index contributed by atoms with van der Waals surface area (Å²) in [6.07, 6.45) is 1.21. The van der Waals surface area contributed by atoms with Crippen molar-refractivity contribution in [2.45, 2.75) is 24.6 Å². The van der Waals surface area contributed by atoms with Crippen LogP contribution in [0.15, 0.2) is 18.2 Å². The minimum Gasteiger partial charge on any atom is -0.399 e. The Hall–Kier alpha value is -2.03. The molecule has 2 heterocycles. The van der Waals surface area contributed by atoms with Crippen LogP contribution in [-0.2, 0) is 16.4 Å². The fraction of sp³-hybridized carbons (Fsp3) is 0.417. The molecule has 112 valence electrons. The van der Waals surface area contributed by atoms with E-state index in [1.165, 1.54) is 16.8 Å². The number of hydrogen-bond donors (Lipinski definition) is 1. The summed E-state index contributed by atoms with van der Waals surface area (Å²) in [5, 5.41) is 10.6. The molecule has 2 N–H and O–H groups in total. The third-order valence-corrected chi connectivity index (χ3v) is 5.86. The number of nitrogen functional groups attached to an aromatic ring is 1. The molecule has 1 aliphatic heterocycles. The molecule has 0 bridgehead atoms. The molecule has 0 saturated carbocycles. The van der Waals surface area contributed by atoms with Gasteiger partial charge in [-0.25, -0.2) is 17.5 Å². The Kier molecular flexibility index (Phi) is 3.36. The lowest BCUT2D eigenvalue weighted by molar-refractivity contribution is 0.533. The van der Waals surface area contributed by atoms with Crippen LogP contribution in [0.25, 0.3) is 11.4 Å². The maximum Gasteiger partial charge on any atom is 0.185 e. The van der Waals surface area contributed by atoms with Crippen molar-refractivity contribution >= 4 is 15.5 Å². The van der Waals surface area contributed by atoms with Gasteiger partial charge in [-0.3, -0.25) is 0 Å². The number of rotatable bonds is 3. The van der Waals surface area contributed by atoms with Crippen LogP contribution in [0, 0.1) is 5.82 Å². The predicted molar refractivity (Wildman–Crippen MR) is 74.4 cm³/mol. The van der Waals surface area contributed by atoms with Gasteiger partial charge in [0.25, 0.3) is 0 Å². The van der Waals surface area contributed by atoms with Crippen LogP contribution < -0.4 is 5.73 Å². The van der Waals surface area contributed by atoms with Crippen LogP contribution in [0.1, 0.15) is 12.8 Å². The number of hydrogen-bond acceptors (Lipinski definition) is 6. The molecule has 0 radical (unpaired) electrons. The third-order valence-electron chi connectivity index (χ3n) is 3.61. The first-order chi connectivity index (χ1) is 9.97. The van der Waals surface area contributed by atoms with Gasteiger partial charge in [-0.05, 0) is 41.5 Å². The Labute approximate surface area is 120 Å². The molecule has 3 rings (SSSR count). The van der Waals surface area contributed by atoms with Gasteiger partial charge in [-0.2, -0.15) is 0 Å². The molecule has 21 heavy (non-hydrogen) atoms. The zero-order valence-corrected chi connectivity index (χ0v) is 11.9. The third kappa shape index (κ3) is 2.60. The van der Waals surface area contributed by atoms with Crippen LogP contribution in [0.3, 0.4) is 0 Å². The van der Waals surface area contributed by atoms with Gasteiger partial charge < -0.3 is 5.73 Å². The van der Waals surface area contributed by atoms with Crippen molar-refractivity contribution in [2.24, 2.45) is 0 Å². The lowest BCUT2D eigenvalue weighted by Crippen LogP contribution is -2.23. The highest BCUT2D eigenvalue weighted by Gasteiger charge is 2.32. The minimum absolute atomic E-state index is 0.133. The Morgan fingerprint density at radius 3 is 2.90 bits per heavy atom. The fourth-order valence-electron chi connectivity index (χ4n) is 2.49. The first kappa shape index (κ1) is 13.9. The second-order valence-electron chi connectivity index (χ2n) is 5.06. The quantitative estimate of drug-likeness (QED) is 0.834. The van der Waals surface area contributed by atoms with Crippen molar-refractivity contribution in [3.05, 3.63) is 24.0 Å². The van der Waals surface area contributed by atoms with Crippen molar-refractivity contribution in [1.82, 2.24) is 20.2 Å². The van der Waals surface area contributed by atoms with E-state index in [2.05, 4.69) is 15.5 Å². The predicted octanol–water partition coefficient (Wildman–Crippen LogP) is 0.639. The number of nitrogens with two attached hydrogens (primary N) is 1. The van der Waals surface area contributed by atoms with Gasteiger partial charge in [0.05, 0.1) is 23.1 Å². The van der Waals surface area contributed by atoms with E-state index in [-0.39, 0.29) is 23.7 Å². The van der Waals surface area contributed by atoms with E-state index in [1.54, 1.807) is 6.07 Å². The molecule has 0 spiro atoms. The van der Waals surface area contributed by atoms with E-state index >= 15 is 0 Å². The molecule has 1 aromatic heterocycles. The Morgan fingerprint density at radius 1 is 1.43 bits per heavy atom. The van der Waals surface area contributed by atoms with E-state index < -0.39 is 20.9 Å². The molecule has 1 saturated heterocycles. The number of anilines is 1. The Balaban J connectivity index is 1.94. The number of aromatic nitrogens is 4. The smallest absolute Gasteiger partial charge is 0.185 e. The summed E-state index contributed by atoms with van der Waals surface area (Å²) >= 11 is 0. The first-order valence-electron chi connectivity index (χ1n) is 6.50. The summed E-state index contributed by atoms with van der Waals surface area (Å²) in [7, 11) is -3.11. The topological polar surface area (TPSA) is 104 Å². The van der Waals surface area contributed by atoms with Crippen LogP contribution in [0.4, 0.5) is 10.1 Å². The zero-order chi connectivity index (χ0) is 15.0. The van der Waals surface area contributed by atoms with Crippen molar-refractivity contribution in [1.29, 1.82) is 0 Å². The average molecular weight is 311 g/mol. The van der Waals surface area contributed by atoms with Gasteiger partial charge in [0.2, 0.25) is 0 Å². The van der Waals surface area contributed by atoms with Crippen LogP contribution >= 0.6 is 0 Å². The molecule has 0 amide bonds. The SMILES string of the molecule is Nc1ccc(-c2nnnn2CC2CCCS2(=O)=O)c(F)c1. The van der Waals surface area contributed by atoms with Crippen LogP contribution in [-0.4, -0.2) is 39.6 Å². The molecule has 2 aromatic rings. The van der Waals surface area contributed by atoms with Gasteiger partial charge >= 0.3 is 0 Å². The van der Waals surface area contributed by atoms with Gasteiger partial charge in [0.1, 0.15) is 5.82 Å². The highest BCUT2D eigenvalue weighted by atomic mass is 32.2. The van der Waals surface area contributed by atoms with E-state index in [0.717, 1.165) is 0 Å². The zero-order valence-electron chi connectivity index (χ0n) is 11.1. The molecule has 9 heteroatoms. The number of sulfone groups is 1. The fourth-order valence-corrected chi connectivity index (χ4v) is 4.29. The summed E-state index contributed by atoms with van der Waals surface area (Å²) in [5.41, 5.74) is 6.01. The lowest BCUT2D eigenvalue weighted by Gasteiger charge is -2.11. The van der Waals surface area contributed by atoms with E-state index in [4.69, 9.17) is 5.73 Å². The summed E-state index contributed by atoms with van der Waals surface area (Å²) in [5.74, 6) is -0.152. The Morgan fingerprint density at radius 2 is 2.24 bits per heavy atom. The summed E-state index contributed by atoms with van der Waals surface area (Å²) in [6, 6.07) is 4.21. The van der Waals surface area contributed by atoms with E-state index in [1.807, 2.05) is 0 Å². The summed E-state index contributed by atoms with van der Waals surface area (Å²) < 4.78 is 39.0. The van der Waals surface area contributed by atoms with Crippen LogP contribution in [0.5, 0.6) is 0 Å². The average Bonchev–Trinajstić information content (AvgIpc) is 2.98. The lowest BCUT2D eigenvalue weighted by atomic mass is 10.2. The number of halogens is 1. The molecule has 0 aliphatic carbocycles. The van der Waals surface area contributed by atoms with Gasteiger partial charge in [-0.15, -0.1) is 5.10 Å². The summed E-state index contributed by atoms with van der Waals surface area (Å²) in [6.45, 7) is 0.133. The molecule has 7 nitrogen and oxygen atoms in total. The van der Waals surface area contributed by atoms with Gasteiger partial charge in [0, 0.05) is 5.69 Å². The maximum absolute atomic E-state index is 14.0.